The van der Waals surface area contributed by atoms with E-state index in [1.54, 1.807) is 6.92 Å². The van der Waals surface area contributed by atoms with Gasteiger partial charge in [0, 0.05) is 0 Å². The number of aliphatic hydroxyl groups excluding tert-OH is 1. The van der Waals surface area contributed by atoms with Crippen LogP contribution in [0.2, 0.25) is 0 Å². The molecule has 1 aromatic carbocycles. The van der Waals surface area contributed by atoms with Crippen molar-refractivity contribution in [3.8, 4) is 0 Å². The molecule has 0 spiro atoms. The van der Waals surface area contributed by atoms with Gasteiger partial charge in [-0.2, -0.15) is 0 Å². The van der Waals surface area contributed by atoms with E-state index in [2.05, 4.69) is 12.1 Å². The number of hydrogen-bond acceptors (Lipinski definition) is 4. The third-order valence-corrected chi connectivity index (χ3v) is 3.25. The van der Waals surface area contributed by atoms with E-state index in [1.165, 1.54) is 17.3 Å². The van der Waals surface area contributed by atoms with Crippen molar-refractivity contribution in [2.75, 3.05) is 12.4 Å². The Labute approximate surface area is 106 Å². The maximum atomic E-state index is 11.1. The smallest absolute Gasteiger partial charge is 0.345 e. The molecule has 1 N–H and O–H groups in total. The molecule has 0 aliphatic carbocycles. The van der Waals surface area contributed by atoms with E-state index >= 15 is 0 Å². The minimum atomic E-state index is -1.05. The molecule has 0 heterocycles. The molecular weight excluding hydrogens is 236 g/mol. The quantitative estimate of drug-likeness (QED) is 0.460. The fraction of sp³-hybridized carbons (Fsp3) is 0.462. The van der Waals surface area contributed by atoms with Crippen molar-refractivity contribution in [2.24, 2.45) is 0 Å². The molecule has 0 aliphatic heterocycles. The molecule has 0 fully saturated rings. The fourth-order valence-electron chi connectivity index (χ4n) is 1.40. The molecule has 1 aromatic rings. The first kappa shape index (κ1) is 14.1. The van der Waals surface area contributed by atoms with E-state index in [4.69, 9.17) is 4.74 Å². The zero-order valence-electron chi connectivity index (χ0n) is 9.96. The molecule has 3 nitrogen and oxygen atoms in total. The van der Waals surface area contributed by atoms with Gasteiger partial charge in [0.15, 0.2) is 5.44 Å². The first-order valence-electron chi connectivity index (χ1n) is 5.74. The number of rotatable bonds is 7. The van der Waals surface area contributed by atoms with Crippen LogP contribution >= 0.6 is 11.8 Å². The Bertz CT molecular complexity index is 327. The Kier molecular flexibility index (Phi) is 6.74. The summed E-state index contributed by atoms with van der Waals surface area (Å²) in [5, 5.41) is 9.43. The average molecular weight is 254 g/mol. The van der Waals surface area contributed by atoms with Gasteiger partial charge in [-0.15, -0.1) is 11.8 Å². The second-order valence-electron chi connectivity index (χ2n) is 3.56. The van der Waals surface area contributed by atoms with Gasteiger partial charge in [-0.05, 0) is 31.1 Å². The Morgan fingerprint density at radius 2 is 2.12 bits per heavy atom. The van der Waals surface area contributed by atoms with E-state index in [0.29, 0.717) is 6.61 Å². The van der Waals surface area contributed by atoms with Crippen molar-refractivity contribution >= 4 is 17.7 Å². The Balaban J connectivity index is 2.14. The summed E-state index contributed by atoms with van der Waals surface area (Å²) in [6, 6.07) is 10.2. The molecular formula is C13H18O3S. The number of benzene rings is 1. The summed E-state index contributed by atoms with van der Waals surface area (Å²) in [7, 11) is 0. The van der Waals surface area contributed by atoms with Gasteiger partial charge in [0.05, 0.1) is 6.61 Å². The van der Waals surface area contributed by atoms with Crippen LogP contribution in [0.3, 0.4) is 0 Å². The van der Waals surface area contributed by atoms with Crippen LogP contribution in [0.5, 0.6) is 0 Å². The van der Waals surface area contributed by atoms with Gasteiger partial charge in [-0.3, -0.25) is 0 Å². The third-order valence-electron chi connectivity index (χ3n) is 2.22. The second kappa shape index (κ2) is 8.14. The van der Waals surface area contributed by atoms with Crippen LogP contribution in [0.1, 0.15) is 18.9 Å². The number of aliphatic hydroxyl groups is 1. The predicted octanol–water partition coefficient (Wildman–Crippen LogP) is 2.23. The summed E-state index contributed by atoms with van der Waals surface area (Å²) in [4.78, 5) is 11.1. The molecule has 0 saturated carbocycles. The van der Waals surface area contributed by atoms with Gasteiger partial charge in [0.2, 0.25) is 0 Å². The van der Waals surface area contributed by atoms with E-state index < -0.39 is 11.4 Å². The molecule has 1 unspecified atom stereocenters. The van der Waals surface area contributed by atoms with Crippen molar-refractivity contribution in [1.29, 1.82) is 0 Å². The third kappa shape index (κ3) is 5.75. The highest BCUT2D eigenvalue weighted by Crippen LogP contribution is 2.13. The summed E-state index contributed by atoms with van der Waals surface area (Å²) in [5.74, 6) is 0.201. The van der Waals surface area contributed by atoms with Crippen LogP contribution in [0, 0.1) is 0 Å². The van der Waals surface area contributed by atoms with Gasteiger partial charge in [-0.25, -0.2) is 4.79 Å². The average Bonchev–Trinajstić information content (AvgIpc) is 2.36. The van der Waals surface area contributed by atoms with E-state index in [0.717, 1.165) is 18.6 Å². The molecule has 1 rings (SSSR count). The molecule has 17 heavy (non-hydrogen) atoms. The normalized spacial score (nSPS) is 12.1. The molecule has 4 heteroatoms. The summed E-state index contributed by atoms with van der Waals surface area (Å²) in [6.07, 6.45) is 1.90. The largest absolute Gasteiger partial charge is 0.463 e. The number of thioether (sulfide) groups is 1. The van der Waals surface area contributed by atoms with Gasteiger partial charge >= 0.3 is 5.97 Å². The predicted molar refractivity (Wildman–Crippen MR) is 69.9 cm³/mol. The van der Waals surface area contributed by atoms with Crippen molar-refractivity contribution in [2.45, 2.75) is 25.2 Å². The number of hydrogen-bond donors (Lipinski definition) is 1. The van der Waals surface area contributed by atoms with E-state index in [9.17, 15) is 9.90 Å². The topological polar surface area (TPSA) is 46.5 Å². The maximum absolute atomic E-state index is 11.1. The Hall–Kier alpha value is -1.00. The second-order valence-corrected chi connectivity index (χ2v) is 4.75. The number of carbonyl (C=O) groups excluding carboxylic acids is 1. The maximum Gasteiger partial charge on any atom is 0.345 e. The van der Waals surface area contributed by atoms with E-state index in [-0.39, 0.29) is 0 Å². The highest BCUT2D eigenvalue weighted by atomic mass is 32.2. The fourth-order valence-corrected chi connectivity index (χ4v) is 2.14. The molecule has 94 valence electrons. The lowest BCUT2D eigenvalue weighted by molar-refractivity contribution is -0.148. The molecule has 0 aliphatic rings. The van der Waals surface area contributed by atoms with Crippen LogP contribution in [-0.2, 0) is 16.0 Å². The van der Waals surface area contributed by atoms with E-state index in [1.807, 2.05) is 18.2 Å². The standard InChI is InChI=1S/C13H18O3S/c1-2-16-12(14)13(15)17-10-6-9-11-7-4-3-5-8-11/h3-5,7-8,13,15H,2,6,9-10H2,1H3. The first-order chi connectivity index (χ1) is 8.24. The van der Waals surface area contributed by atoms with Crippen LogP contribution in [0.25, 0.3) is 0 Å². The number of ether oxygens (including phenoxy) is 1. The minimum absolute atomic E-state index is 0.306. The molecule has 0 aromatic heterocycles. The first-order valence-corrected chi connectivity index (χ1v) is 6.79. The number of carbonyl (C=O) groups is 1. The summed E-state index contributed by atoms with van der Waals surface area (Å²) < 4.78 is 4.71. The van der Waals surface area contributed by atoms with Crippen molar-refractivity contribution in [3.05, 3.63) is 35.9 Å². The highest BCUT2D eigenvalue weighted by molar-refractivity contribution is 8.00. The van der Waals surface area contributed by atoms with Crippen molar-refractivity contribution in [1.82, 2.24) is 0 Å². The van der Waals surface area contributed by atoms with Gasteiger partial charge in [0.1, 0.15) is 0 Å². The van der Waals surface area contributed by atoms with Crippen LogP contribution in [0.15, 0.2) is 30.3 Å². The molecule has 0 amide bonds. The lowest BCUT2D eigenvalue weighted by Crippen LogP contribution is -2.20. The van der Waals surface area contributed by atoms with Crippen LogP contribution in [-0.4, -0.2) is 28.9 Å². The van der Waals surface area contributed by atoms with Crippen molar-refractivity contribution in [3.63, 3.8) is 0 Å². The molecule has 0 radical (unpaired) electrons. The lowest BCUT2D eigenvalue weighted by atomic mass is 10.1. The Morgan fingerprint density at radius 3 is 2.76 bits per heavy atom. The molecule has 1 atom stereocenters. The highest BCUT2D eigenvalue weighted by Gasteiger charge is 2.15. The van der Waals surface area contributed by atoms with Crippen LogP contribution in [0.4, 0.5) is 0 Å². The zero-order valence-corrected chi connectivity index (χ0v) is 10.8. The van der Waals surface area contributed by atoms with Crippen molar-refractivity contribution < 1.29 is 14.6 Å². The summed E-state index contributed by atoms with van der Waals surface area (Å²) in [6.45, 7) is 2.03. The number of esters is 1. The summed E-state index contributed by atoms with van der Waals surface area (Å²) >= 11 is 1.22. The minimum Gasteiger partial charge on any atom is -0.463 e. The van der Waals surface area contributed by atoms with Crippen LogP contribution < -0.4 is 0 Å². The SMILES string of the molecule is CCOC(=O)C(O)SCCCc1ccccc1. The number of aryl methyl sites for hydroxylation is 1. The Morgan fingerprint density at radius 1 is 1.41 bits per heavy atom. The molecule has 0 bridgehead atoms. The molecule has 0 saturated heterocycles. The summed E-state index contributed by atoms with van der Waals surface area (Å²) in [5.41, 5.74) is 0.226. The zero-order chi connectivity index (χ0) is 12.5. The van der Waals surface area contributed by atoms with Gasteiger partial charge in [0.25, 0.3) is 0 Å². The van der Waals surface area contributed by atoms with Gasteiger partial charge < -0.3 is 9.84 Å². The lowest BCUT2D eigenvalue weighted by Gasteiger charge is -2.08. The monoisotopic (exact) mass is 254 g/mol. The van der Waals surface area contributed by atoms with Gasteiger partial charge in [-0.1, -0.05) is 30.3 Å².